The Balaban J connectivity index is 1.54. The quantitative estimate of drug-likeness (QED) is 0.494. The molecule has 0 bridgehead atoms. The molecule has 1 fully saturated rings. The summed E-state index contributed by atoms with van der Waals surface area (Å²) in [4.78, 5) is 16.3. The Labute approximate surface area is 184 Å². The molecule has 3 heterocycles. The normalized spacial score (nSPS) is 13.7. The number of aromatic nitrogens is 5. The number of hydrogen-bond donors (Lipinski definition) is 2. The Morgan fingerprint density at radius 3 is 2.78 bits per heavy atom. The summed E-state index contributed by atoms with van der Waals surface area (Å²) in [7, 11) is 3.41. The van der Waals surface area contributed by atoms with Gasteiger partial charge >= 0.3 is 6.09 Å². The number of nitrogens with zero attached hydrogens (tertiary/aromatic N) is 5. The summed E-state index contributed by atoms with van der Waals surface area (Å²) in [5.74, 6) is 0.852. The van der Waals surface area contributed by atoms with Gasteiger partial charge in [0.2, 0.25) is 0 Å². The highest BCUT2D eigenvalue weighted by atomic mass is 16.6. The van der Waals surface area contributed by atoms with Crippen molar-refractivity contribution in [3.8, 4) is 28.3 Å². The molecule has 0 unspecified atom stereocenters. The second kappa shape index (κ2) is 7.88. The van der Waals surface area contributed by atoms with E-state index in [2.05, 4.69) is 20.5 Å². The van der Waals surface area contributed by atoms with Crippen LogP contribution in [0.4, 0.5) is 16.3 Å². The number of nitrogen functional groups attached to an aromatic ring is 1. The van der Waals surface area contributed by atoms with Gasteiger partial charge in [0.25, 0.3) is 0 Å². The van der Waals surface area contributed by atoms with Gasteiger partial charge in [-0.1, -0.05) is 6.07 Å². The van der Waals surface area contributed by atoms with Crippen molar-refractivity contribution in [1.29, 1.82) is 0 Å². The van der Waals surface area contributed by atoms with Crippen LogP contribution in [0.5, 0.6) is 5.75 Å². The number of fused-ring (bicyclic) bond motifs is 1. The van der Waals surface area contributed by atoms with E-state index >= 15 is 0 Å². The number of methoxy groups -OCH3 is 1. The zero-order valence-electron chi connectivity index (χ0n) is 17.8. The number of anilines is 2. The molecule has 0 spiro atoms. The van der Waals surface area contributed by atoms with E-state index in [0.717, 1.165) is 41.8 Å². The highest BCUT2D eigenvalue weighted by molar-refractivity contribution is 5.93. The van der Waals surface area contributed by atoms with Crippen LogP contribution in [0, 0.1) is 0 Å². The van der Waals surface area contributed by atoms with E-state index in [0.29, 0.717) is 22.8 Å². The maximum atomic E-state index is 12.2. The number of rotatable bonds is 5. The molecule has 3 aromatic heterocycles. The minimum Gasteiger partial charge on any atom is -0.495 e. The predicted molar refractivity (Wildman–Crippen MR) is 119 cm³/mol. The van der Waals surface area contributed by atoms with Gasteiger partial charge in [-0.15, -0.1) is 0 Å². The number of amides is 1. The Kier molecular flexibility index (Phi) is 4.89. The summed E-state index contributed by atoms with van der Waals surface area (Å²) in [6.07, 6.45) is 5.71. The molecule has 164 valence electrons. The summed E-state index contributed by atoms with van der Waals surface area (Å²) in [5.41, 5.74) is 10.6. The summed E-state index contributed by atoms with van der Waals surface area (Å²) in [6.45, 7) is 0. The molecule has 4 aromatic rings. The molecule has 1 aliphatic carbocycles. The van der Waals surface area contributed by atoms with Gasteiger partial charge in [0, 0.05) is 18.8 Å². The zero-order valence-corrected chi connectivity index (χ0v) is 17.8. The maximum absolute atomic E-state index is 12.2. The van der Waals surface area contributed by atoms with E-state index in [-0.39, 0.29) is 6.10 Å². The highest BCUT2D eigenvalue weighted by Gasteiger charge is 2.23. The molecule has 0 atom stereocenters. The van der Waals surface area contributed by atoms with Gasteiger partial charge in [0.05, 0.1) is 18.5 Å². The second-order valence-electron chi connectivity index (χ2n) is 7.72. The van der Waals surface area contributed by atoms with Crippen molar-refractivity contribution in [2.75, 3.05) is 18.2 Å². The first-order valence-corrected chi connectivity index (χ1v) is 10.3. The lowest BCUT2D eigenvalue weighted by Crippen LogP contribution is -2.27. The number of carbonyl (C=O) groups excluding carboxylic acids is 1. The molecule has 5 rings (SSSR count). The third-order valence-corrected chi connectivity index (χ3v) is 5.63. The Morgan fingerprint density at radius 2 is 2.09 bits per heavy atom. The molecule has 0 aliphatic heterocycles. The SMILES string of the molecule is COc1cc(-c2cc(-c3ccn(C)n3)n3ncnc(N)c23)ccc1NC(=O)OC1CCC1. The lowest BCUT2D eigenvalue weighted by molar-refractivity contribution is 0.0623. The maximum Gasteiger partial charge on any atom is 0.412 e. The fraction of sp³-hybridized carbons (Fsp3) is 0.273. The Morgan fingerprint density at radius 1 is 1.25 bits per heavy atom. The molecule has 1 amide bonds. The zero-order chi connectivity index (χ0) is 22.2. The van der Waals surface area contributed by atoms with E-state index in [4.69, 9.17) is 15.2 Å². The average molecular weight is 433 g/mol. The van der Waals surface area contributed by atoms with Gasteiger partial charge in [-0.25, -0.2) is 14.3 Å². The van der Waals surface area contributed by atoms with Crippen LogP contribution in [0.3, 0.4) is 0 Å². The predicted octanol–water partition coefficient (Wildman–Crippen LogP) is 3.49. The second-order valence-corrected chi connectivity index (χ2v) is 7.72. The molecule has 3 N–H and O–H groups in total. The van der Waals surface area contributed by atoms with Gasteiger partial charge in [-0.2, -0.15) is 10.2 Å². The van der Waals surface area contributed by atoms with Crippen molar-refractivity contribution in [2.24, 2.45) is 7.05 Å². The monoisotopic (exact) mass is 433 g/mol. The van der Waals surface area contributed by atoms with E-state index in [1.807, 2.05) is 37.5 Å². The number of benzene rings is 1. The molecule has 10 nitrogen and oxygen atoms in total. The summed E-state index contributed by atoms with van der Waals surface area (Å²) in [6, 6.07) is 9.37. The number of ether oxygens (including phenoxy) is 2. The molecule has 32 heavy (non-hydrogen) atoms. The third kappa shape index (κ3) is 3.49. The molecule has 1 aliphatic rings. The lowest BCUT2D eigenvalue weighted by atomic mass is 9.96. The fourth-order valence-corrected chi connectivity index (χ4v) is 3.76. The van der Waals surface area contributed by atoms with Crippen molar-refractivity contribution in [3.63, 3.8) is 0 Å². The first kappa shape index (κ1) is 19.9. The van der Waals surface area contributed by atoms with Gasteiger partial charge in [0.15, 0.2) is 5.82 Å². The van der Waals surface area contributed by atoms with E-state index in [9.17, 15) is 4.79 Å². The van der Waals surface area contributed by atoms with Gasteiger partial charge in [0.1, 0.15) is 29.4 Å². The third-order valence-electron chi connectivity index (χ3n) is 5.63. The molecule has 0 radical (unpaired) electrons. The van der Waals surface area contributed by atoms with Crippen molar-refractivity contribution in [2.45, 2.75) is 25.4 Å². The van der Waals surface area contributed by atoms with Crippen molar-refractivity contribution in [3.05, 3.63) is 42.9 Å². The van der Waals surface area contributed by atoms with E-state index < -0.39 is 6.09 Å². The van der Waals surface area contributed by atoms with Crippen LogP contribution in [0.25, 0.3) is 28.0 Å². The van der Waals surface area contributed by atoms with Gasteiger partial charge in [-0.05, 0) is 49.1 Å². The Hall–Kier alpha value is -4.08. The van der Waals surface area contributed by atoms with Crippen LogP contribution >= 0.6 is 0 Å². The minimum atomic E-state index is -0.481. The molecular weight excluding hydrogens is 410 g/mol. The summed E-state index contributed by atoms with van der Waals surface area (Å²) in [5, 5.41) is 11.6. The van der Waals surface area contributed by atoms with Gasteiger partial charge < -0.3 is 15.2 Å². The van der Waals surface area contributed by atoms with Gasteiger partial charge in [-0.3, -0.25) is 10.00 Å². The van der Waals surface area contributed by atoms with Crippen LogP contribution in [0.1, 0.15) is 19.3 Å². The topological polar surface area (TPSA) is 122 Å². The first-order valence-electron chi connectivity index (χ1n) is 10.3. The molecular formula is C22H23N7O3. The Bertz CT molecular complexity index is 1310. The first-order chi connectivity index (χ1) is 15.5. The highest BCUT2D eigenvalue weighted by Crippen LogP contribution is 2.37. The summed E-state index contributed by atoms with van der Waals surface area (Å²) < 4.78 is 14.4. The molecule has 1 aromatic carbocycles. The smallest absolute Gasteiger partial charge is 0.412 e. The summed E-state index contributed by atoms with van der Waals surface area (Å²) >= 11 is 0. The van der Waals surface area contributed by atoms with E-state index in [1.54, 1.807) is 22.4 Å². The van der Waals surface area contributed by atoms with Crippen molar-refractivity contribution < 1.29 is 14.3 Å². The van der Waals surface area contributed by atoms with Crippen LogP contribution in [-0.2, 0) is 11.8 Å². The number of nitrogens with two attached hydrogens (primary N) is 1. The molecule has 0 saturated heterocycles. The van der Waals surface area contributed by atoms with Crippen LogP contribution < -0.4 is 15.8 Å². The van der Waals surface area contributed by atoms with Crippen molar-refractivity contribution >= 4 is 23.1 Å². The lowest BCUT2D eigenvalue weighted by Gasteiger charge is -2.25. The van der Waals surface area contributed by atoms with Crippen LogP contribution in [-0.4, -0.2) is 43.7 Å². The molecule has 1 saturated carbocycles. The van der Waals surface area contributed by atoms with E-state index in [1.165, 1.54) is 6.33 Å². The minimum absolute atomic E-state index is 0.000897. The number of aryl methyl sites for hydroxylation is 1. The van der Waals surface area contributed by atoms with Crippen molar-refractivity contribution in [1.82, 2.24) is 24.4 Å². The van der Waals surface area contributed by atoms with Crippen LogP contribution in [0.2, 0.25) is 0 Å². The average Bonchev–Trinajstić information content (AvgIpc) is 3.35. The van der Waals surface area contributed by atoms with Crippen LogP contribution in [0.15, 0.2) is 42.9 Å². The number of hydrogen-bond acceptors (Lipinski definition) is 7. The fourth-order valence-electron chi connectivity index (χ4n) is 3.76. The standard InChI is InChI=1S/C22H23N7O3/c1-28-9-8-16(27-28)18-11-15(20-21(23)24-12-25-29(18)20)13-6-7-17(19(10-13)31-2)26-22(30)32-14-4-3-5-14/h6-12,14H,3-5H2,1-2H3,(H,26,30)(H2,23,24,25). The molecule has 10 heteroatoms. The largest absolute Gasteiger partial charge is 0.495 e. The number of carbonyl (C=O) groups is 1. The number of nitrogens with one attached hydrogen (secondary N) is 1.